The molecule has 1 aliphatic rings. The molecule has 1 aliphatic heterocycles. The maximum atomic E-state index is 13.0. The van der Waals surface area contributed by atoms with Gasteiger partial charge in [0, 0.05) is 48.6 Å². The van der Waals surface area contributed by atoms with Gasteiger partial charge in [0.2, 0.25) is 11.8 Å². The van der Waals surface area contributed by atoms with Crippen LogP contribution in [0, 0.1) is 6.92 Å². The summed E-state index contributed by atoms with van der Waals surface area (Å²) in [6, 6.07) is 15.7. The molecule has 0 bridgehead atoms. The number of benzene rings is 3. The molecule has 12 heteroatoms. The average Bonchev–Trinajstić information content (AvgIpc) is 3.06. The number of nitrogens with one attached hydrogen (secondary N) is 1. The number of carbonyl (C=O) groups excluding carboxylic acids is 3. The molecule has 3 amide bonds. The van der Waals surface area contributed by atoms with Gasteiger partial charge in [-0.2, -0.15) is 0 Å². The van der Waals surface area contributed by atoms with Crippen molar-refractivity contribution in [3.05, 3.63) is 99.3 Å². The highest BCUT2D eigenvalue weighted by atomic mass is 35.5. The van der Waals surface area contributed by atoms with Gasteiger partial charge >= 0.3 is 0 Å². The predicted molar refractivity (Wildman–Crippen MR) is 174 cm³/mol. The number of halogens is 2. The van der Waals surface area contributed by atoms with Crippen molar-refractivity contribution in [2.75, 3.05) is 44.8 Å². The van der Waals surface area contributed by atoms with E-state index in [0.717, 1.165) is 11.3 Å². The number of likely N-dealkylation sites (N-methyl/N-ethyl adjacent to an activating group) is 1. The minimum Gasteiger partial charge on any atom is -0.486 e. The molecule has 0 unspecified atom stereocenters. The van der Waals surface area contributed by atoms with Crippen LogP contribution in [-0.4, -0.2) is 72.5 Å². The zero-order valence-corrected chi connectivity index (χ0v) is 26.3. The summed E-state index contributed by atoms with van der Waals surface area (Å²) in [7, 11) is 1.56. The van der Waals surface area contributed by atoms with Crippen LogP contribution >= 0.6 is 23.2 Å². The van der Waals surface area contributed by atoms with Crippen molar-refractivity contribution < 1.29 is 23.9 Å². The molecule has 45 heavy (non-hydrogen) atoms. The molecule has 2 heterocycles. The van der Waals surface area contributed by atoms with E-state index in [9.17, 15) is 14.4 Å². The molecule has 1 aromatic heterocycles. The molecule has 0 atom stereocenters. The number of anilines is 1. The fourth-order valence-corrected chi connectivity index (χ4v) is 5.28. The second-order valence-electron chi connectivity index (χ2n) is 10.3. The van der Waals surface area contributed by atoms with Crippen LogP contribution < -0.4 is 15.0 Å². The smallest absolute Gasteiger partial charge is 0.254 e. The van der Waals surface area contributed by atoms with E-state index in [1.165, 1.54) is 11.0 Å². The van der Waals surface area contributed by atoms with E-state index in [1.807, 2.05) is 19.1 Å². The largest absolute Gasteiger partial charge is 0.486 e. The minimum atomic E-state index is -0.449. The van der Waals surface area contributed by atoms with Gasteiger partial charge in [-0.1, -0.05) is 41.4 Å². The number of rotatable bonds is 9. The molecule has 0 saturated carbocycles. The van der Waals surface area contributed by atoms with Crippen molar-refractivity contribution in [1.82, 2.24) is 20.2 Å². The number of amides is 3. The number of nitrogens with zero attached hydrogens (tertiary/aromatic N) is 4. The molecule has 232 valence electrons. The first-order chi connectivity index (χ1) is 21.7. The number of fused-ring (bicyclic) bond motifs is 1. The second kappa shape index (κ2) is 14.5. The second-order valence-corrected chi connectivity index (χ2v) is 11.1. The lowest BCUT2D eigenvalue weighted by Gasteiger charge is -2.26. The summed E-state index contributed by atoms with van der Waals surface area (Å²) in [6.45, 7) is 3.82. The number of carbonyl (C=O) groups is 3. The van der Waals surface area contributed by atoms with Gasteiger partial charge in [0.25, 0.3) is 5.91 Å². The molecular formula is C33H31Cl2N5O5. The summed E-state index contributed by atoms with van der Waals surface area (Å²) < 4.78 is 11.3. The number of hydrogen-bond acceptors (Lipinski definition) is 7. The highest BCUT2D eigenvalue weighted by Gasteiger charge is 2.20. The molecule has 10 nitrogen and oxygen atoms in total. The van der Waals surface area contributed by atoms with Gasteiger partial charge in [-0.3, -0.25) is 19.4 Å². The maximum Gasteiger partial charge on any atom is 0.254 e. The van der Waals surface area contributed by atoms with E-state index >= 15 is 0 Å². The van der Waals surface area contributed by atoms with Crippen molar-refractivity contribution in [3.63, 3.8) is 0 Å². The van der Waals surface area contributed by atoms with Gasteiger partial charge in [0.15, 0.2) is 0 Å². The Bertz CT molecular complexity index is 1760. The topological polar surface area (TPSA) is 114 Å². The van der Waals surface area contributed by atoms with Crippen molar-refractivity contribution in [3.8, 4) is 5.75 Å². The first-order valence-corrected chi connectivity index (χ1v) is 15.0. The lowest BCUT2D eigenvalue weighted by molar-refractivity contribution is -0.122. The monoisotopic (exact) mass is 647 g/mol. The van der Waals surface area contributed by atoms with Gasteiger partial charge in [-0.05, 0) is 55.0 Å². The fraction of sp³-hybridized carbons (Fsp3) is 0.242. The van der Waals surface area contributed by atoms with Gasteiger partial charge in [0.1, 0.15) is 17.9 Å². The van der Waals surface area contributed by atoms with Crippen LogP contribution in [0.3, 0.4) is 0 Å². The number of aryl methyl sites for hydroxylation is 1. The number of aromatic nitrogens is 2. The Labute approximate surface area is 270 Å². The third kappa shape index (κ3) is 7.78. The average molecular weight is 649 g/mol. The lowest BCUT2D eigenvalue weighted by atomic mass is 10.1. The SMILES string of the molecule is Cc1cnc2cccc(OCc3c(Cl)ccc(N(C)C(=O)CNC(=O)C=Cc4ccc(C(=O)N5CCOCC5)cc4)c3Cl)c2n1. The summed E-state index contributed by atoms with van der Waals surface area (Å²) in [5.74, 6) is -0.364. The quantitative estimate of drug-likeness (QED) is 0.252. The Hall–Kier alpha value is -4.51. The minimum absolute atomic E-state index is 0.0339. The van der Waals surface area contributed by atoms with E-state index in [1.54, 1.807) is 66.7 Å². The number of hydrogen-bond donors (Lipinski definition) is 1. The van der Waals surface area contributed by atoms with Crippen molar-refractivity contribution >= 4 is 63.7 Å². The standard InChI is InChI=1S/C33H31Cl2N5O5/c1-21-18-36-26-4-3-5-28(32(26)38-21)45-20-24-25(34)11-12-27(31(24)35)39(2)30(42)19-37-29(41)13-8-22-6-9-23(10-7-22)33(43)40-14-16-44-17-15-40/h3-13,18H,14-17,19-20H2,1-2H3,(H,37,41). The summed E-state index contributed by atoms with van der Waals surface area (Å²) in [5, 5.41) is 3.22. The van der Waals surface area contributed by atoms with E-state index in [2.05, 4.69) is 15.3 Å². The van der Waals surface area contributed by atoms with E-state index in [0.29, 0.717) is 64.9 Å². The van der Waals surface area contributed by atoms with Crippen LogP contribution in [-0.2, 0) is 20.9 Å². The maximum absolute atomic E-state index is 13.0. The van der Waals surface area contributed by atoms with Crippen LogP contribution in [0.1, 0.15) is 27.2 Å². The molecule has 1 saturated heterocycles. The molecule has 5 rings (SSSR count). The summed E-state index contributed by atoms with van der Waals surface area (Å²) in [5.41, 5.74) is 4.29. The van der Waals surface area contributed by atoms with Crippen LogP contribution in [0.4, 0.5) is 5.69 Å². The van der Waals surface area contributed by atoms with Crippen LogP contribution in [0.15, 0.2) is 66.9 Å². The third-order valence-electron chi connectivity index (χ3n) is 7.23. The lowest BCUT2D eigenvalue weighted by Crippen LogP contribution is -2.40. The first-order valence-electron chi connectivity index (χ1n) is 14.2. The molecule has 0 spiro atoms. The van der Waals surface area contributed by atoms with Gasteiger partial charge in [0.05, 0.1) is 41.7 Å². The molecular weight excluding hydrogens is 617 g/mol. The number of morpholine rings is 1. The summed E-state index contributed by atoms with van der Waals surface area (Å²) in [4.78, 5) is 50.0. The molecule has 1 fully saturated rings. The van der Waals surface area contributed by atoms with E-state index in [4.69, 9.17) is 32.7 Å². The van der Waals surface area contributed by atoms with Crippen molar-refractivity contribution in [2.24, 2.45) is 0 Å². The Morgan fingerprint density at radius 3 is 2.58 bits per heavy atom. The molecule has 1 N–H and O–H groups in total. The van der Waals surface area contributed by atoms with Crippen LogP contribution in [0.2, 0.25) is 10.0 Å². The fourth-order valence-electron chi connectivity index (χ4n) is 4.67. The van der Waals surface area contributed by atoms with Gasteiger partial charge in [-0.25, -0.2) is 4.98 Å². The Kier molecular flexibility index (Phi) is 10.3. The zero-order valence-electron chi connectivity index (χ0n) is 24.8. The van der Waals surface area contributed by atoms with Crippen molar-refractivity contribution in [2.45, 2.75) is 13.5 Å². The highest BCUT2D eigenvalue weighted by molar-refractivity contribution is 6.38. The summed E-state index contributed by atoms with van der Waals surface area (Å²) in [6.07, 6.45) is 4.62. The van der Waals surface area contributed by atoms with Crippen LogP contribution in [0.25, 0.3) is 17.1 Å². The van der Waals surface area contributed by atoms with Gasteiger partial charge < -0.3 is 24.6 Å². The predicted octanol–water partition coefficient (Wildman–Crippen LogP) is 5.09. The normalized spacial score (nSPS) is 13.2. The zero-order chi connectivity index (χ0) is 31.9. The van der Waals surface area contributed by atoms with E-state index < -0.39 is 11.8 Å². The number of ether oxygens (including phenoxy) is 2. The first kappa shape index (κ1) is 31.9. The number of para-hydroxylation sites is 1. The Morgan fingerprint density at radius 1 is 1.07 bits per heavy atom. The van der Waals surface area contributed by atoms with Crippen molar-refractivity contribution in [1.29, 1.82) is 0 Å². The summed E-state index contributed by atoms with van der Waals surface area (Å²) >= 11 is 13.2. The molecule has 0 radical (unpaired) electrons. The Morgan fingerprint density at radius 2 is 1.82 bits per heavy atom. The third-order valence-corrected chi connectivity index (χ3v) is 8.00. The van der Waals surface area contributed by atoms with E-state index in [-0.39, 0.29) is 24.1 Å². The molecule has 0 aliphatic carbocycles. The van der Waals surface area contributed by atoms with Crippen LogP contribution in [0.5, 0.6) is 5.75 Å². The van der Waals surface area contributed by atoms with Gasteiger partial charge in [-0.15, -0.1) is 0 Å². The Balaban J connectivity index is 1.17. The molecule has 4 aromatic rings. The molecule has 3 aromatic carbocycles. The highest BCUT2D eigenvalue weighted by Crippen LogP contribution is 2.35.